The maximum atomic E-state index is 14.7. The molecular formula is C18H17Cl2F2N3O5. The first-order chi connectivity index (χ1) is 14.2. The van der Waals surface area contributed by atoms with Gasteiger partial charge >= 0.3 is 12.1 Å². The van der Waals surface area contributed by atoms with E-state index in [-0.39, 0.29) is 49.4 Å². The molecule has 0 spiro atoms. The molecule has 2 N–H and O–H groups in total. The highest BCUT2D eigenvalue weighted by atomic mass is 35.5. The van der Waals surface area contributed by atoms with Crippen molar-refractivity contribution in [2.45, 2.75) is 10.9 Å². The molecule has 0 radical (unpaired) electrons. The number of cyclic esters (lactones) is 1. The Balaban J connectivity index is 1.43. The van der Waals surface area contributed by atoms with Crippen molar-refractivity contribution < 1.29 is 33.0 Å². The van der Waals surface area contributed by atoms with E-state index in [0.29, 0.717) is 0 Å². The van der Waals surface area contributed by atoms with Crippen LogP contribution >= 0.6 is 23.2 Å². The number of aliphatic carboxylic acids is 1. The summed E-state index contributed by atoms with van der Waals surface area (Å²) in [6.45, 7) is 0.455. The molecule has 12 heteroatoms. The average molecular weight is 464 g/mol. The van der Waals surface area contributed by atoms with Crippen molar-refractivity contribution in [2.75, 3.05) is 36.0 Å². The van der Waals surface area contributed by atoms with Gasteiger partial charge in [0.25, 0.3) is 5.91 Å². The molecule has 1 aliphatic carbocycles. The zero-order valence-corrected chi connectivity index (χ0v) is 16.9. The number of nitrogens with zero attached hydrogens (tertiary/aromatic N) is 2. The molecule has 2 heterocycles. The second-order valence-corrected chi connectivity index (χ2v) is 8.61. The molecule has 2 aliphatic heterocycles. The van der Waals surface area contributed by atoms with Gasteiger partial charge in [0, 0.05) is 25.2 Å². The Bertz CT molecular complexity index is 883. The summed E-state index contributed by atoms with van der Waals surface area (Å²) >= 11 is 10.8. The van der Waals surface area contributed by atoms with E-state index in [1.54, 1.807) is 0 Å². The lowest BCUT2D eigenvalue weighted by molar-refractivity contribution is -0.139. The first kappa shape index (κ1) is 20.9. The number of fused-ring (bicyclic) bond motifs is 1. The first-order valence-electron chi connectivity index (χ1n) is 9.18. The SMILES string of the molecule is O=C(NC[C@H]1CN(c2cc(F)c(N3CC4C(C3)C4C(=O)O)c(F)c2)C(=O)O1)C(Cl)Cl. The second kappa shape index (κ2) is 7.73. The van der Waals surface area contributed by atoms with Crippen molar-refractivity contribution in [1.82, 2.24) is 5.32 Å². The number of carbonyl (C=O) groups excluding carboxylic acids is 2. The van der Waals surface area contributed by atoms with Crippen molar-refractivity contribution in [3.8, 4) is 0 Å². The fraction of sp³-hybridized carbons (Fsp3) is 0.500. The highest BCUT2D eigenvalue weighted by molar-refractivity contribution is 6.53. The summed E-state index contributed by atoms with van der Waals surface area (Å²) in [5, 5.41) is 11.5. The second-order valence-electron chi connectivity index (χ2n) is 7.52. The topological polar surface area (TPSA) is 99.2 Å². The minimum atomic E-state index is -1.27. The molecule has 0 aromatic heterocycles. The molecule has 3 aliphatic rings. The number of anilines is 2. The summed E-state index contributed by atoms with van der Waals surface area (Å²) < 4.78 is 34.5. The molecule has 30 heavy (non-hydrogen) atoms. The predicted molar refractivity (Wildman–Crippen MR) is 103 cm³/mol. The molecule has 3 atom stereocenters. The maximum Gasteiger partial charge on any atom is 0.414 e. The lowest BCUT2D eigenvalue weighted by Gasteiger charge is -2.24. The summed E-state index contributed by atoms with van der Waals surface area (Å²) in [5.41, 5.74) is -0.255. The quantitative estimate of drug-likeness (QED) is 0.625. The van der Waals surface area contributed by atoms with E-state index < -0.39 is 46.5 Å². The number of alkyl halides is 2. The van der Waals surface area contributed by atoms with Gasteiger partial charge in [0.05, 0.1) is 24.7 Å². The number of halogens is 4. The van der Waals surface area contributed by atoms with Crippen LogP contribution in [-0.2, 0) is 14.3 Å². The van der Waals surface area contributed by atoms with Gasteiger partial charge in [-0.2, -0.15) is 0 Å². The fourth-order valence-electron chi connectivity index (χ4n) is 4.22. The number of carboxylic acids is 1. The van der Waals surface area contributed by atoms with Crippen LogP contribution in [0.5, 0.6) is 0 Å². The van der Waals surface area contributed by atoms with Crippen LogP contribution in [0.3, 0.4) is 0 Å². The van der Waals surface area contributed by atoms with E-state index in [1.807, 2.05) is 0 Å². The standard InChI is InChI=1S/C18H17Cl2F2N3O5/c19-15(20)16(26)23-3-8-4-25(18(29)30-8)7-1-11(21)14(12(22)2-7)24-5-9-10(6-24)13(9)17(27)28/h1-2,8-10,13,15H,3-6H2,(H,23,26)(H,27,28)/t8-,9?,10?,13?/m0/s1. The van der Waals surface area contributed by atoms with Gasteiger partial charge in [-0.3, -0.25) is 14.5 Å². The summed E-state index contributed by atoms with van der Waals surface area (Å²) in [4.78, 5) is 35.9. The van der Waals surface area contributed by atoms with Crippen LogP contribution in [0, 0.1) is 29.4 Å². The van der Waals surface area contributed by atoms with Crippen LogP contribution in [0.4, 0.5) is 25.0 Å². The number of amides is 2. The van der Waals surface area contributed by atoms with Crippen molar-refractivity contribution in [2.24, 2.45) is 17.8 Å². The fourth-order valence-corrected chi connectivity index (χ4v) is 4.37. The van der Waals surface area contributed by atoms with Gasteiger partial charge in [0.15, 0.2) is 16.5 Å². The van der Waals surface area contributed by atoms with Gasteiger partial charge in [0.2, 0.25) is 0 Å². The number of hydrogen-bond acceptors (Lipinski definition) is 5. The van der Waals surface area contributed by atoms with Crippen LogP contribution in [0.2, 0.25) is 0 Å². The normalized spacial score (nSPS) is 27.3. The molecule has 1 aromatic rings. The van der Waals surface area contributed by atoms with Crippen LogP contribution in [0.25, 0.3) is 0 Å². The first-order valence-corrected chi connectivity index (χ1v) is 10.1. The van der Waals surface area contributed by atoms with Crippen molar-refractivity contribution in [3.63, 3.8) is 0 Å². The monoisotopic (exact) mass is 463 g/mol. The van der Waals surface area contributed by atoms with E-state index in [1.165, 1.54) is 4.90 Å². The van der Waals surface area contributed by atoms with Crippen molar-refractivity contribution in [1.29, 1.82) is 0 Å². The summed E-state index contributed by atoms with van der Waals surface area (Å²) in [5.74, 6) is -3.90. The predicted octanol–water partition coefficient (Wildman–Crippen LogP) is 1.98. The Labute approximate surface area is 179 Å². The van der Waals surface area contributed by atoms with E-state index >= 15 is 0 Å². The third-order valence-electron chi connectivity index (χ3n) is 5.68. The van der Waals surface area contributed by atoms with E-state index in [9.17, 15) is 23.2 Å². The minimum Gasteiger partial charge on any atom is -0.481 e. The smallest absolute Gasteiger partial charge is 0.414 e. The van der Waals surface area contributed by atoms with Crippen LogP contribution < -0.4 is 15.1 Å². The van der Waals surface area contributed by atoms with E-state index in [0.717, 1.165) is 17.0 Å². The number of carbonyl (C=O) groups is 3. The zero-order valence-electron chi connectivity index (χ0n) is 15.4. The lowest BCUT2D eigenvalue weighted by atomic mass is 10.2. The van der Waals surface area contributed by atoms with Gasteiger partial charge in [-0.1, -0.05) is 23.2 Å². The van der Waals surface area contributed by atoms with Gasteiger partial charge in [-0.05, 0) is 11.8 Å². The molecule has 1 saturated carbocycles. The molecule has 4 rings (SSSR count). The van der Waals surface area contributed by atoms with Gasteiger partial charge in [-0.15, -0.1) is 0 Å². The largest absolute Gasteiger partial charge is 0.481 e. The Morgan fingerprint density at radius 3 is 2.33 bits per heavy atom. The molecule has 2 saturated heterocycles. The van der Waals surface area contributed by atoms with Crippen molar-refractivity contribution in [3.05, 3.63) is 23.8 Å². The number of ether oxygens (including phenoxy) is 1. The molecule has 3 fully saturated rings. The number of hydrogen-bond donors (Lipinski definition) is 2. The summed E-state index contributed by atoms with van der Waals surface area (Å²) in [7, 11) is 0. The number of benzene rings is 1. The third kappa shape index (κ3) is 3.74. The Morgan fingerprint density at radius 1 is 1.20 bits per heavy atom. The highest BCUT2D eigenvalue weighted by Crippen LogP contribution is 2.53. The van der Waals surface area contributed by atoms with Crippen LogP contribution in [0.15, 0.2) is 12.1 Å². The van der Waals surface area contributed by atoms with Crippen molar-refractivity contribution >= 4 is 52.5 Å². The number of nitrogens with one attached hydrogen (secondary N) is 1. The summed E-state index contributed by atoms with van der Waals surface area (Å²) in [6, 6.07) is 2.07. The molecule has 162 valence electrons. The molecule has 8 nitrogen and oxygen atoms in total. The van der Waals surface area contributed by atoms with Gasteiger partial charge in [-0.25, -0.2) is 13.6 Å². The maximum absolute atomic E-state index is 14.7. The van der Waals surface area contributed by atoms with Crippen LogP contribution in [0.1, 0.15) is 0 Å². The Hall–Kier alpha value is -2.33. The summed E-state index contributed by atoms with van der Waals surface area (Å²) in [6.07, 6.45) is -1.54. The van der Waals surface area contributed by atoms with Gasteiger partial charge < -0.3 is 20.1 Å². The Morgan fingerprint density at radius 2 is 1.80 bits per heavy atom. The minimum absolute atomic E-state index is 0.0205. The third-order valence-corrected chi connectivity index (χ3v) is 6.08. The number of rotatable bonds is 6. The zero-order chi connectivity index (χ0) is 21.7. The van der Waals surface area contributed by atoms with Gasteiger partial charge in [0.1, 0.15) is 11.8 Å². The molecular weight excluding hydrogens is 447 g/mol. The van der Waals surface area contributed by atoms with Crippen LogP contribution in [-0.4, -0.2) is 60.2 Å². The molecule has 2 amide bonds. The highest BCUT2D eigenvalue weighted by Gasteiger charge is 2.60. The molecule has 1 aromatic carbocycles. The Kier molecular flexibility index (Phi) is 5.39. The van der Waals surface area contributed by atoms with E-state index in [4.69, 9.17) is 33.0 Å². The van der Waals surface area contributed by atoms with E-state index in [2.05, 4.69) is 5.32 Å². The lowest BCUT2D eigenvalue weighted by Crippen LogP contribution is -2.37. The number of piperidine rings is 1. The molecule has 0 bridgehead atoms. The number of carboxylic acid groups (broad SMARTS) is 1. The molecule has 2 unspecified atom stereocenters. The average Bonchev–Trinajstić information content (AvgIpc) is 2.98.